The van der Waals surface area contributed by atoms with E-state index in [1.54, 1.807) is 0 Å². The third-order valence-electron chi connectivity index (χ3n) is 2.35. The minimum atomic E-state index is -0.579. The Hall–Kier alpha value is -1.04. The zero-order valence-corrected chi connectivity index (χ0v) is 6.92. The molecule has 0 amide bonds. The van der Waals surface area contributed by atoms with Gasteiger partial charge in [-0.15, -0.1) is 0 Å². The molecule has 2 atom stereocenters. The van der Waals surface area contributed by atoms with Crippen LogP contribution < -0.4 is 0 Å². The Bertz CT molecular complexity index is 227. The smallest absolute Gasteiger partial charge is 0.324 e. The predicted molar refractivity (Wildman–Crippen MR) is 38.4 cm³/mol. The lowest BCUT2D eigenvalue weighted by Crippen LogP contribution is -2.26. The average Bonchev–Trinajstić information content (AvgIpc) is 2.04. The molecule has 1 rings (SSSR count). The third kappa shape index (κ3) is 1.09. The van der Waals surface area contributed by atoms with Gasteiger partial charge in [0.05, 0.1) is 6.07 Å². The lowest BCUT2D eigenvalue weighted by atomic mass is 9.86. The molecule has 3 nitrogen and oxygen atoms in total. The zero-order valence-electron chi connectivity index (χ0n) is 6.92. The Kier molecular flexibility index (Phi) is 1.63. The van der Waals surface area contributed by atoms with Crippen molar-refractivity contribution in [1.29, 1.82) is 5.26 Å². The highest BCUT2D eigenvalue weighted by Gasteiger charge is 2.47. The molecule has 1 heterocycles. The topological polar surface area (TPSA) is 50.1 Å². The number of cyclic esters (lactones) is 1. The van der Waals surface area contributed by atoms with Gasteiger partial charge in [0.25, 0.3) is 0 Å². The monoisotopic (exact) mass is 153 g/mol. The van der Waals surface area contributed by atoms with Gasteiger partial charge in [-0.2, -0.15) is 5.26 Å². The normalized spacial score (nSPS) is 34.5. The number of ether oxygens (including phenoxy) is 1. The third-order valence-corrected chi connectivity index (χ3v) is 2.35. The van der Waals surface area contributed by atoms with Gasteiger partial charge in [-0.3, -0.25) is 4.79 Å². The minimum Gasteiger partial charge on any atom is -0.458 e. The number of hydrogen-bond donors (Lipinski definition) is 0. The number of nitriles is 1. The summed E-state index contributed by atoms with van der Waals surface area (Å²) in [6.45, 7) is 5.51. The molecule has 0 aromatic rings. The van der Waals surface area contributed by atoms with E-state index in [0.29, 0.717) is 0 Å². The molecule has 60 valence electrons. The van der Waals surface area contributed by atoms with Crippen LogP contribution in [0.1, 0.15) is 20.8 Å². The molecule has 0 spiro atoms. The van der Waals surface area contributed by atoms with Gasteiger partial charge in [0.2, 0.25) is 0 Å². The summed E-state index contributed by atoms with van der Waals surface area (Å²) in [5, 5.41) is 8.59. The Labute approximate surface area is 66.0 Å². The van der Waals surface area contributed by atoms with Crippen molar-refractivity contribution in [2.75, 3.05) is 0 Å². The number of hydrogen-bond acceptors (Lipinski definition) is 3. The SMILES string of the molecule is C[C@H]1[C@H](C#N)C(=O)OC1(C)C. The van der Waals surface area contributed by atoms with E-state index in [1.165, 1.54) is 0 Å². The van der Waals surface area contributed by atoms with Crippen LogP contribution in [0, 0.1) is 23.2 Å². The van der Waals surface area contributed by atoms with Crippen molar-refractivity contribution < 1.29 is 9.53 Å². The number of carbonyl (C=O) groups excluding carboxylic acids is 1. The van der Waals surface area contributed by atoms with Gasteiger partial charge >= 0.3 is 5.97 Å². The molecule has 0 aromatic carbocycles. The van der Waals surface area contributed by atoms with Gasteiger partial charge in [0, 0.05) is 5.92 Å². The predicted octanol–water partition coefficient (Wildman–Crippen LogP) is 1.10. The first kappa shape index (κ1) is 8.06. The van der Waals surface area contributed by atoms with Crippen molar-refractivity contribution in [3.63, 3.8) is 0 Å². The lowest BCUT2D eigenvalue weighted by Gasteiger charge is -2.21. The van der Waals surface area contributed by atoms with Crippen molar-refractivity contribution in [2.45, 2.75) is 26.4 Å². The largest absolute Gasteiger partial charge is 0.458 e. The average molecular weight is 153 g/mol. The van der Waals surface area contributed by atoms with E-state index in [4.69, 9.17) is 10.00 Å². The maximum atomic E-state index is 11.0. The molecule has 1 aliphatic rings. The van der Waals surface area contributed by atoms with Crippen LogP contribution >= 0.6 is 0 Å². The summed E-state index contributed by atoms with van der Waals surface area (Å²) >= 11 is 0. The lowest BCUT2D eigenvalue weighted by molar-refractivity contribution is -0.147. The number of nitrogens with zero attached hydrogens (tertiary/aromatic N) is 1. The van der Waals surface area contributed by atoms with Crippen molar-refractivity contribution in [1.82, 2.24) is 0 Å². The van der Waals surface area contributed by atoms with E-state index in [9.17, 15) is 4.79 Å². The van der Waals surface area contributed by atoms with E-state index in [0.717, 1.165) is 0 Å². The van der Waals surface area contributed by atoms with Crippen LogP contribution in [0.2, 0.25) is 0 Å². The van der Waals surface area contributed by atoms with Crippen LogP contribution in [-0.4, -0.2) is 11.6 Å². The molecule has 0 aliphatic carbocycles. The van der Waals surface area contributed by atoms with Crippen LogP contribution in [-0.2, 0) is 9.53 Å². The minimum absolute atomic E-state index is 0.0139. The van der Waals surface area contributed by atoms with Crippen molar-refractivity contribution in [2.24, 2.45) is 11.8 Å². The van der Waals surface area contributed by atoms with Crippen LogP contribution in [0.3, 0.4) is 0 Å². The van der Waals surface area contributed by atoms with Crippen LogP contribution in [0.25, 0.3) is 0 Å². The van der Waals surface area contributed by atoms with Gasteiger partial charge in [-0.25, -0.2) is 0 Å². The molecule has 1 fully saturated rings. The Balaban J connectivity index is 2.90. The first-order valence-electron chi connectivity index (χ1n) is 3.61. The standard InChI is InChI=1S/C8H11NO2/c1-5-6(4-9)7(10)11-8(5,2)3/h5-6H,1-3H3/t5-,6-/m0/s1. The highest BCUT2D eigenvalue weighted by Crippen LogP contribution is 2.35. The number of carbonyl (C=O) groups is 1. The first-order chi connectivity index (χ1) is 4.99. The molecule has 1 aliphatic heterocycles. The van der Waals surface area contributed by atoms with E-state index >= 15 is 0 Å². The van der Waals surface area contributed by atoms with Gasteiger partial charge in [0.1, 0.15) is 11.5 Å². The van der Waals surface area contributed by atoms with Crippen molar-refractivity contribution in [3.05, 3.63) is 0 Å². The molecule has 11 heavy (non-hydrogen) atoms. The molecular weight excluding hydrogens is 142 g/mol. The quantitative estimate of drug-likeness (QED) is 0.489. The molecule has 0 N–H and O–H groups in total. The molecular formula is C8H11NO2. The fourth-order valence-corrected chi connectivity index (χ4v) is 1.19. The van der Waals surface area contributed by atoms with E-state index in [2.05, 4.69) is 0 Å². The summed E-state index contributed by atoms with van der Waals surface area (Å²) < 4.78 is 5.00. The maximum Gasteiger partial charge on any atom is 0.324 e. The second kappa shape index (κ2) is 2.23. The Morgan fingerprint density at radius 3 is 2.36 bits per heavy atom. The fraction of sp³-hybridized carbons (Fsp3) is 0.750. The Morgan fingerprint density at radius 2 is 2.18 bits per heavy atom. The summed E-state index contributed by atoms with van der Waals surface area (Å²) in [5.74, 6) is -0.977. The second-order valence-electron chi connectivity index (χ2n) is 3.42. The summed E-state index contributed by atoms with van der Waals surface area (Å²) in [5.41, 5.74) is -0.475. The first-order valence-corrected chi connectivity index (χ1v) is 3.61. The van der Waals surface area contributed by atoms with Gasteiger partial charge < -0.3 is 4.74 Å². The molecule has 0 bridgehead atoms. The highest BCUT2D eigenvalue weighted by atomic mass is 16.6. The number of esters is 1. The van der Waals surface area contributed by atoms with Crippen LogP contribution in [0.15, 0.2) is 0 Å². The van der Waals surface area contributed by atoms with Gasteiger partial charge in [0.15, 0.2) is 0 Å². The fourth-order valence-electron chi connectivity index (χ4n) is 1.19. The van der Waals surface area contributed by atoms with E-state index < -0.39 is 11.5 Å². The van der Waals surface area contributed by atoms with Gasteiger partial charge in [-0.05, 0) is 13.8 Å². The van der Waals surface area contributed by atoms with Crippen LogP contribution in [0.4, 0.5) is 0 Å². The molecule has 0 unspecified atom stereocenters. The van der Waals surface area contributed by atoms with Crippen molar-refractivity contribution >= 4 is 5.97 Å². The molecule has 0 radical (unpaired) electrons. The van der Waals surface area contributed by atoms with Crippen molar-refractivity contribution in [3.8, 4) is 6.07 Å². The van der Waals surface area contributed by atoms with Crippen LogP contribution in [0.5, 0.6) is 0 Å². The highest BCUT2D eigenvalue weighted by molar-refractivity contribution is 5.78. The summed E-state index contributed by atoms with van der Waals surface area (Å²) in [6.07, 6.45) is 0. The van der Waals surface area contributed by atoms with Gasteiger partial charge in [-0.1, -0.05) is 6.92 Å². The summed E-state index contributed by atoms with van der Waals surface area (Å²) in [7, 11) is 0. The Morgan fingerprint density at radius 1 is 1.64 bits per heavy atom. The maximum absolute atomic E-state index is 11.0. The van der Waals surface area contributed by atoms with E-state index in [-0.39, 0.29) is 11.9 Å². The summed E-state index contributed by atoms with van der Waals surface area (Å²) in [6, 6.07) is 1.94. The molecule has 0 saturated carbocycles. The summed E-state index contributed by atoms with van der Waals surface area (Å²) in [4.78, 5) is 11.0. The van der Waals surface area contributed by atoms with E-state index in [1.807, 2.05) is 26.8 Å². The molecule has 1 saturated heterocycles. The zero-order chi connectivity index (χ0) is 8.65. The molecule has 3 heteroatoms. The molecule has 0 aromatic heterocycles. The second-order valence-corrected chi connectivity index (χ2v) is 3.42. The number of rotatable bonds is 0.